The van der Waals surface area contributed by atoms with E-state index < -0.39 is 17.4 Å². The molecule has 0 saturated carbocycles. The number of Topliss-reactive ketones (excluding diaryl/α,β-unsaturated/α-hetero) is 1. The first kappa shape index (κ1) is 22.6. The van der Waals surface area contributed by atoms with Gasteiger partial charge in [0, 0.05) is 17.8 Å². The number of aliphatic carboxylic acids is 1. The van der Waals surface area contributed by atoms with Gasteiger partial charge in [0.05, 0.1) is 0 Å². The maximum Gasteiger partial charge on any atom is 0.326 e. The number of carboxylic acids is 1. The fourth-order valence-electron chi connectivity index (χ4n) is 2.90. The van der Waals surface area contributed by atoms with Gasteiger partial charge in [-0.25, -0.2) is 4.79 Å². The van der Waals surface area contributed by atoms with Gasteiger partial charge in [-0.2, -0.15) is 0 Å². The van der Waals surface area contributed by atoms with E-state index in [0.717, 1.165) is 0 Å². The summed E-state index contributed by atoms with van der Waals surface area (Å²) in [5, 5.41) is 12.0. The smallest absolute Gasteiger partial charge is 0.326 e. The first-order valence-corrected chi connectivity index (χ1v) is 8.74. The Kier molecular flexibility index (Phi) is 8.13. The minimum atomic E-state index is -1.10. The molecule has 0 aliphatic carbocycles. The van der Waals surface area contributed by atoms with Gasteiger partial charge >= 0.3 is 5.97 Å². The molecule has 0 saturated heterocycles. The summed E-state index contributed by atoms with van der Waals surface area (Å²) in [6, 6.07) is -1.03. The highest BCUT2D eigenvalue weighted by atomic mass is 16.4. The van der Waals surface area contributed by atoms with E-state index in [1.165, 1.54) is 0 Å². The molecule has 0 aromatic carbocycles. The van der Waals surface area contributed by atoms with Gasteiger partial charge in [-0.15, -0.1) is 0 Å². The predicted molar refractivity (Wildman–Crippen MR) is 95.7 cm³/mol. The van der Waals surface area contributed by atoms with Gasteiger partial charge in [-0.1, -0.05) is 55.4 Å². The van der Waals surface area contributed by atoms with Crippen molar-refractivity contribution in [2.24, 2.45) is 22.7 Å². The largest absolute Gasteiger partial charge is 0.480 e. The second-order valence-electron chi connectivity index (χ2n) is 9.02. The molecule has 0 fully saturated rings. The first-order chi connectivity index (χ1) is 10.7. The lowest BCUT2D eigenvalue weighted by Crippen LogP contribution is -2.47. The molecule has 0 aromatic heterocycles. The number of carboxylic acid groups (broad SMARTS) is 1. The Labute approximate surface area is 146 Å². The zero-order valence-corrected chi connectivity index (χ0v) is 16.5. The average Bonchev–Trinajstić information content (AvgIpc) is 2.38. The molecule has 1 amide bonds. The van der Waals surface area contributed by atoms with Crippen molar-refractivity contribution in [2.75, 3.05) is 0 Å². The van der Waals surface area contributed by atoms with Crippen LogP contribution in [-0.4, -0.2) is 28.8 Å². The standard InChI is InChI=1S/C19H35NO4/c1-12(2)13(3)15(21)10-9-14(16(22)23)20-17(24)19(7,8)11-18(4,5)6/h12-14H,9-11H2,1-8H3,(H,20,24)(H,22,23). The number of carbonyl (C=O) groups excluding carboxylic acids is 2. The van der Waals surface area contributed by atoms with Gasteiger partial charge in [0.15, 0.2) is 0 Å². The van der Waals surface area contributed by atoms with Crippen LogP contribution < -0.4 is 5.32 Å². The molecule has 0 aromatic rings. The maximum atomic E-state index is 12.5. The molecule has 0 aliphatic rings. The zero-order chi connectivity index (χ0) is 19.3. The fraction of sp³-hybridized carbons (Fsp3) is 0.842. The lowest BCUT2D eigenvalue weighted by Gasteiger charge is -2.32. The van der Waals surface area contributed by atoms with E-state index >= 15 is 0 Å². The summed E-state index contributed by atoms with van der Waals surface area (Å²) in [5.74, 6) is -1.22. The fourth-order valence-corrected chi connectivity index (χ4v) is 2.90. The number of amides is 1. The monoisotopic (exact) mass is 341 g/mol. The summed E-state index contributed by atoms with van der Waals surface area (Å²) in [7, 11) is 0. The van der Waals surface area contributed by atoms with E-state index in [2.05, 4.69) is 5.32 Å². The summed E-state index contributed by atoms with van der Waals surface area (Å²) in [6.07, 6.45) is 0.931. The highest BCUT2D eigenvalue weighted by molar-refractivity contribution is 5.87. The van der Waals surface area contributed by atoms with E-state index in [-0.39, 0.29) is 41.8 Å². The third-order valence-corrected chi connectivity index (χ3v) is 4.38. The van der Waals surface area contributed by atoms with Gasteiger partial charge in [0.25, 0.3) is 0 Å². The Morgan fingerprint density at radius 2 is 1.50 bits per heavy atom. The summed E-state index contributed by atoms with van der Waals surface area (Å²) >= 11 is 0. The third kappa shape index (κ3) is 7.93. The SMILES string of the molecule is CC(C)C(C)C(=O)CCC(NC(=O)C(C)(C)CC(C)(C)C)C(=O)O. The number of rotatable bonds is 9. The maximum absolute atomic E-state index is 12.5. The predicted octanol–water partition coefficient (Wildman–Crippen LogP) is 3.66. The van der Waals surface area contributed by atoms with E-state index in [0.29, 0.717) is 6.42 Å². The topological polar surface area (TPSA) is 83.5 Å². The first-order valence-electron chi connectivity index (χ1n) is 8.74. The number of ketones is 1. The second kappa shape index (κ2) is 8.63. The second-order valence-corrected chi connectivity index (χ2v) is 9.02. The highest BCUT2D eigenvalue weighted by Gasteiger charge is 2.35. The average molecular weight is 341 g/mol. The van der Waals surface area contributed by atoms with Crippen LogP contribution in [0.1, 0.15) is 74.7 Å². The molecule has 0 spiro atoms. The quantitative estimate of drug-likeness (QED) is 0.670. The Bertz CT molecular complexity index is 460. The summed E-state index contributed by atoms with van der Waals surface area (Å²) in [4.78, 5) is 36.0. The Morgan fingerprint density at radius 3 is 1.88 bits per heavy atom. The molecule has 2 unspecified atom stereocenters. The van der Waals surface area contributed by atoms with Crippen molar-refractivity contribution < 1.29 is 19.5 Å². The van der Waals surface area contributed by atoms with Crippen molar-refractivity contribution in [3.05, 3.63) is 0 Å². The Balaban J connectivity index is 4.83. The molecule has 0 radical (unpaired) electrons. The molecule has 5 nitrogen and oxygen atoms in total. The van der Waals surface area contributed by atoms with Crippen molar-refractivity contribution in [3.8, 4) is 0 Å². The number of hydrogen-bond acceptors (Lipinski definition) is 3. The summed E-state index contributed by atoms with van der Waals surface area (Å²) < 4.78 is 0. The molecule has 24 heavy (non-hydrogen) atoms. The van der Waals surface area contributed by atoms with E-state index in [4.69, 9.17) is 0 Å². The molecule has 0 bridgehead atoms. The van der Waals surface area contributed by atoms with Gasteiger partial charge in [-0.3, -0.25) is 9.59 Å². The molecule has 0 rings (SSSR count). The highest BCUT2D eigenvalue weighted by Crippen LogP contribution is 2.33. The lowest BCUT2D eigenvalue weighted by atomic mass is 9.75. The van der Waals surface area contributed by atoms with Crippen LogP contribution >= 0.6 is 0 Å². The third-order valence-electron chi connectivity index (χ3n) is 4.38. The van der Waals surface area contributed by atoms with Crippen molar-refractivity contribution >= 4 is 17.7 Å². The minimum Gasteiger partial charge on any atom is -0.480 e. The van der Waals surface area contributed by atoms with Crippen LogP contribution in [0.25, 0.3) is 0 Å². The van der Waals surface area contributed by atoms with Crippen LogP contribution in [-0.2, 0) is 14.4 Å². The van der Waals surface area contributed by atoms with Crippen LogP contribution in [0.15, 0.2) is 0 Å². The molecular weight excluding hydrogens is 306 g/mol. The molecule has 0 heterocycles. The number of carbonyl (C=O) groups is 3. The molecule has 2 atom stereocenters. The zero-order valence-electron chi connectivity index (χ0n) is 16.5. The van der Waals surface area contributed by atoms with Crippen LogP contribution in [0.5, 0.6) is 0 Å². The number of nitrogens with one attached hydrogen (secondary N) is 1. The molecule has 5 heteroatoms. The van der Waals surface area contributed by atoms with Crippen molar-refractivity contribution in [1.82, 2.24) is 5.32 Å². The van der Waals surface area contributed by atoms with Crippen molar-refractivity contribution in [3.63, 3.8) is 0 Å². The van der Waals surface area contributed by atoms with Crippen LogP contribution in [0.2, 0.25) is 0 Å². The van der Waals surface area contributed by atoms with Crippen molar-refractivity contribution in [2.45, 2.75) is 80.7 Å². The normalized spacial score (nSPS) is 15.0. The molecule has 140 valence electrons. The van der Waals surface area contributed by atoms with E-state index in [1.54, 1.807) is 0 Å². The number of hydrogen-bond donors (Lipinski definition) is 2. The van der Waals surface area contributed by atoms with E-state index in [9.17, 15) is 19.5 Å². The van der Waals surface area contributed by atoms with Gasteiger partial charge in [0.1, 0.15) is 11.8 Å². The van der Waals surface area contributed by atoms with Gasteiger partial charge in [0.2, 0.25) is 5.91 Å². The van der Waals surface area contributed by atoms with Gasteiger partial charge < -0.3 is 10.4 Å². The van der Waals surface area contributed by atoms with Crippen molar-refractivity contribution in [1.29, 1.82) is 0 Å². The van der Waals surface area contributed by atoms with Crippen LogP contribution in [0, 0.1) is 22.7 Å². The molecular formula is C19H35NO4. The van der Waals surface area contributed by atoms with Crippen LogP contribution in [0.4, 0.5) is 0 Å². The van der Waals surface area contributed by atoms with Gasteiger partial charge in [-0.05, 0) is 24.2 Å². The van der Waals surface area contributed by atoms with Crippen LogP contribution in [0.3, 0.4) is 0 Å². The Morgan fingerprint density at radius 1 is 1.00 bits per heavy atom. The lowest BCUT2D eigenvalue weighted by molar-refractivity contribution is -0.144. The minimum absolute atomic E-state index is 0.0395. The Hall–Kier alpha value is -1.39. The molecule has 2 N–H and O–H groups in total. The van der Waals surface area contributed by atoms with E-state index in [1.807, 2.05) is 55.4 Å². The summed E-state index contributed by atoms with van der Waals surface area (Å²) in [6.45, 7) is 15.6. The summed E-state index contributed by atoms with van der Waals surface area (Å²) in [5.41, 5.74) is -0.705. The molecule has 0 aliphatic heterocycles.